The quantitative estimate of drug-likeness (QED) is 0.620. The van der Waals surface area contributed by atoms with Gasteiger partial charge < -0.3 is 14.3 Å². The van der Waals surface area contributed by atoms with Gasteiger partial charge in [0.1, 0.15) is 11.5 Å². The zero-order chi connectivity index (χ0) is 20.1. The summed E-state index contributed by atoms with van der Waals surface area (Å²) >= 11 is 0. The first kappa shape index (κ1) is 19.5. The predicted octanol–water partition coefficient (Wildman–Crippen LogP) is 3.52. The van der Waals surface area contributed by atoms with Gasteiger partial charge in [0, 0.05) is 0 Å². The summed E-state index contributed by atoms with van der Waals surface area (Å²) < 4.78 is 37.9. The molecule has 3 rings (SSSR count). The van der Waals surface area contributed by atoms with Gasteiger partial charge in [0.25, 0.3) is 0 Å². The predicted molar refractivity (Wildman–Crippen MR) is 104 cm³/mol. The molecule has 0 aliphatic heterocycles. The first-order valence-corrected chi connectivity index (χ1v) is 9.99. The zero-order valence-corrected chi connectivity index (χ0v) is 15.9. The van der Waals surface area contributed by atoms with Crippen LogP contribution in [0, 0.1) is 0 Å². The molecule has 0 radical (unpaired) electrons. The van der Waals surface area contributed by atoms with Gasteiger partial charge in [-0.1, -0.05) is 12.1 Å². The number of hydrogen-bond acceptors (Lipinski definition) is 5. The summed E-state index contributed by atoms with van der Waals surface area (Å²) in [4.78, 5) is 11.1. The van der Waals surface area contributed by atoms with Gasteiger partial charge in [-0.25, -0.2) is 13.2 Å². The van der Waals surface area contributed by atoms with Gasteiger partial charge in [-0.2, -0.15) is 0 Å². The molecule has 146 valence electrons. The summed E-state index contributed by atoms with van der Waals surface area (Å²) in [5.74, 6) is -0.193. The molecule has 0 atom stereocenters. The molecule has 0 aliphatic carbocycles. The lowest BCUT2D eigenvalue weighted by atomic mass is 10.2. The normalized spacial score (nSPS) is 11.2. The molecule has 0 amide bonds. The number of rotatable bonds is 8. The Balaban J connectivity index is 1.92. The molecule has 0 saturated carbocycles. The van der Waals surface area contributed by atoms with Gasteiger partial charge >= 0.3 is 5.97 Å². The van der Waals surface area contributed by atoms with Crippen LogP contribution in [0.15, 0.2) is 71.3 Å². The van der Waals surface area contributed by atoms with Crippen LogP contribution in [-0.2, 0) is 22.3 Å². The van der Waals surface area contributed by atoms with Gasteiger partial charge in [0.2, 0.25) is 10.0 Å². The van der Waals surface area contributed by atoms with E-state index in [0.717, 1.165) is 0 Å². The number of ether oxygens (including phenoxy) is 1. The lowest BCUT2D eigenvalue weighted by Gasteiger charge is -2.24. The third-order valence-corrected chi connectivity index (χ3v) is 5.84. The second kappa shape index (κ2) is 8.18. The fraction of sp³-hybridized carbons (Fsp3) is 0.150. The number of aromatic carboxylic acids is 1. The Morgan fingerprint density at radius 1 is 1.07 bits per heavy atom. The van der Waals surface area contributed by atoms with E-state index in [1.165, 1.54) is 41.9 Å². The van der Waals surface area contributed by atoms with Crippen molar-refractivity contribution < 1.29 is 27.5 Å². The van der Waals surface area contributed by atoms with Crippen LogP contribution in [0.5, 0.6) is 5.75 Å². The van der Waals surface area contributed by atoms with Crippen LogP contribution < -0.4 is 9.04 Å². The highest BCUT2D eigenvalue weighted by Gasteiger charge is 2.24. The smallest absolute Gasteiger partial charge is 0.335 e. The Labute approximate surface area is 162 Å². The van der Waals surface area contributed by atoms with Crippen LogP contribution in [-0.4, -0.2) is 26.6 Å². The molecule has 2 aromatic carbocycles. The van der Waals surface area contributed by atoms with E-state index < -0.39 is 16.0 Å². The molecular weight excluding hydrogens is 382 g/mol. The molecule has 8 heteroatoms. The van der Waals surface area contributed by atoms with E-state index in [1.54, 1.807) is 36.4 Å². The van der Waals surface area contributed by atoms with Crippen molar-refractivity contribution in [2.24, 2.45) is 0 Å². The third-order valence-electron chi connectivity index (χ3n) is 4.13. The molecule has 28 heavy (non-hydrogen) atoms. The monoisotopic (exact) mass is 401 g/mol. The highest BCUT2D eigenvalue weighted by Crippen LogP contribution is 2.25. The average Bonchev–Trinajstić information content (AvgIpc) is 3.20. The van der Waals surface area contributed by atoms with Crippen LogP contribution in [0.2, 0.25) is 0 Å². The number of sulfonamides is 1. The van der Waals surface area contributed by atoms with Gasteiger partial charge in [0.05, 0.1) is 36.9 Å². The summed E-state index contributed by atoms with van der Waals surface area (Å²) in [7, 11) is -2.23. The number of nitrogens with zero attached hydrogens (tertiary/aromatic N) is 1. The molecule has 0 saturated heterocycles. The van der Waals surface area contributed by atoms with Gasteiger partial charge in [-0.15, -0.1) is 0 Å². The van der Waals surface area contributed by atoms with E-state index in [1.807, 2.05) is 0 Å². The van der Waals surface area contributed by atoms with Crippen LogP contribution in [0.4, 0.5) is 5.69 Å². The summed E-state index contributed by atoms with van der Waals surface area (Å²) in [6, 6.07) is 15.8. The number of furan rings is 1. The Hall–Kier alpha value is -3.26. The van der Waals surface area contributed by atoms with Crippen LogP contribution >= 0.6 is 0 Å². The molecule has 0 aliphatic rings. The fourth-order valence-corrected chi connectivity index (χ4v) is 4.21. The minimum absolute atomic E-state index is 0.00208. The molecule has 1 heterocycles. The maximum absolute atomic E-state index is 13.1. The molecule has 3 aromatic rings. The number of methoxy groups -OCH3 is 1. The van der Waals surface area contributed by atoms with E-state index in [4.69, 9.17) is 14.3 Å². The standard InChI is InChI=1S/C20H19NO6S/c1-26-18-10-4-15(5-11-18)14-28(24,25)21(13-19-3-2-12-27-19)17-8-6-16(7-9-17)20(22)23/h2-12H,13-14H2,1H3,(H,22,23). The first-order chi connectivity index (χ1) is 13.4. The van der Waals surface area contributed by atoms with Crippen molar-refractivity contribution in [2.75, 3.05) is 11.4 Å². The minimum Gasteiger partial charge on any atom is -0.497 e. The van der Waals surface area contributed by atoms with E-state index in [9.17, 15) is 13.2 Å². The number of carboxylic acid groups (broad SMARTS) is 1. The maximum atomic E-state index is 13.1. The van der Waals surface area contributed by atoms with Crippen molar-refractivity contribution in [1.29, 1.82) is 0 Å². The molecular formula is C20H19NO6S. The van der Waals surface area contributed by atoms with Gasteiger partial charge in [0.15, 0.2) is 0 Å². The van der Waals surface area contributed by atoms with Gasteiger partial charge in [-0.05, 0) is 54.1 Å². The van der Waals surface area contributed by atoms with Crippen LogP contribution in [0.25, 0.3) is 0 Å². The van der Waals surface area contributed by atoms with Crippen molar-refractivity contribution >= 4 is 21.7 Å². The third kappa shape index (κ3) is 4.52. The maximum Gasteiger partial charge on any atom is 0.335 e. The summed E-state index contributed by atoms with van der Waals surface area (Å²) in [5.41, 5.74) is 1.04. The Morgan fingerprint density at radius 2 is 1.75 bits per heavy atom. The number of carbonyl (C=O) groups is 1. The van der Waals surface area contributed by atoms with Crippen molar-refractivity contribution in [1.82, 2.24) is 0 Å². The highest BCUT2D eigenvalue weighted by molar-refractivity contribution is 7.92. The van der Waals surface area contributed by atoms with E-state index in [2.05, 4.69) is 0 Å². The molecule has 0 fully saturated rings. The largest absolute Gasteiger partial charge is 0.497 e. The summed E-state index contributed by atoms with van der Waals surface area (Å²) in [6.07, 6.45) is 1.47. The SMILES string of the molecule is COc1ccc(CS(=O)(=O)N(Cc2ccco2)c2ccc(C(=O)O)cc2)cc1. The van der Waals surface area contributed by atoms with Crippen molar-refractivity contribution in [2.45, 2.75) is 12.3 Å². The van der Waals surface area contributed by atoms with E-state index in [0.29, 0.717) is 22.8 Å². The number of benzene rings is 2. The number of anilines is 1. The van der Waals surface area contributed by atoms with Gasteiger partial charge in [-0.3, -0.25) is 4.31 Å². The Morgan fingerprint density at radius 3 is 2.29 bits per heavy atom. The molecule has 7 nitrogen and oxygen atoms in total. The molecule has 1 N–H and O–H groups in total. The lowest BCUT2D eigenvalue weighted by molar-refractivity contribution is 0.0697. The minimum atomic E-state index is -3.77. The van der Waals surface area contributed by atoms with E-state index in [-0.39, 0.29) is 17.9 Å². The number of carboxylic acids is 1. The Bertz CT molecular complexity index is 1030. The second-order valence-electron chi connectivity index (χ2n) is 6.04. The first-order valence-electron chi connectivity index (χ1n) is 8.38. The summed E-state index contributed by atoms with van der Waals surface area (Å²) in [5, 5.41) is 9.06. The highest BCUT2D eigenvalue weighted by atomic mass is 32.2. The average molecular weight is 401 g/mol. The second-order valence-corrected chi connectivity index (χ2v) is 7.94. The van der Waals surface area contributed by atoms with E-state index >= 15 is 0 Å². The number of hydrogen-bond donors (Lipinski definition) is 1. The lowest BCUT2D eigenvalue weighted by Crippen LogP contribution is -2.31. The van der Waals surface area contributed by atoms with Crippen molar-refractivity contribution in [3.63, 3.8) is 0 Å². The van der Waals surface area contributed by atoms with Crippen LogP contribution in [0.1, 0.15) is 21.7 Å². The fourth-order valence-electron chi connectivity index (χ4n) is 2.67. The molecule has 0 unspecified atom stereocenters. The molecule has 0 spiro atoms. The molecule has 0 bridgehead atoms. The zero-order valence-electron chi connectivity index (χ0n) is 15.1. The van der Waals surface area contributed by atoms with Crippen molar-refractivity contribution in [3.05, 3.63) is 83.8 Å². The van der Waals surface area contributed by atoms with Crippen molar-refractivity contribution in [3.8, 4) is 5.75 Å². The van der Waals surface area contributed by atoms with Crippen LogP contribution in [0.3, 0.4) is 0 Å². The summed E-state index contributed by atoms with van der Waals surface area (Å²) in [6.45, 7) is -0.00208. The Kier molecular flexibility index (Phi) is 5.70. The molecule has 1 aromatic heterocycles. The topological polar surface area (TPSA) is 97.1 Å².